The SMILES string of the molecule is O=S(=O)(Cc1ccc(-c2noc(C3CCN3)n2)cc1)c1ccccc1. The van der Waals surface area contributed by atoms with Gasteiger partial charge in [0.2, 0.25) is 11.7 Å². The fourth-order valence-electron chi connectivity index (χ4n) is 2.67. The quantitative estimate of drug-likeness (QED) is 0.757. The Kier molecular flexibility index (Phi) is 4.10. The molecule has 1 N–H and O–H groups in total. The molecule has 25 heavy (non-hydrogen) atoms. The number of benzene rings is 2. The van der Waals surface area contributed by atoms with Gasteiger partial charge in [0.1, 0.15) is 0 Å². The molecule has 0 spiro atoms. The molecular weight excluding hydrogens is 338 g/mol. The summed E-state index contributed by atoms with van der Waals surface area (Å²) >= 11 is 0. The van der Waals surface area contributed by atoms with Crippen molar-refractivity contribution in [1.29, 1.82) is 0 Å². The predicted octanol–water partition coefficient (Wildman–Crippen LogP) is 2.74. The van der Waals surface area contributed by atoms with Gasteiger partial charge in [0.25, 0.3) is 0 Å². The first-order valence-electron chi connectivity index (χ1n) is 8.06. The Hall–Kier alpha value is -2.51. The van der Waals surface area contributed by atoms with Crippen molar-refractivity contribution in [2.45, 2.75) is 23.1 Å². The first-order valence-corrected chi connectivity index (χ1v) is 9.71. The van der Waals surface area contributed by atoms with Gasteiger partial charge in [-0.3, -0.25) is 0 Å². The van der Waals surface area contributed by atoms with Crippen LogP contribution in [0, 0.1) is 0 Å². The van der Waals surface area contributed by atoms with Crippen LogP contribution < -0.4 is 5.32 Å². The van der Waals surface area contributed by atoms with E-state index < -0.39 is 9.84 Å². The number of aromatic nitrogens is 2. The lowest BCUT2D eigenvalue weighted by atomic mass is 10.1. The van der Waals surface area contributed by atoms with Crippen LogP contribution in [0.3, 0.4) is 0 Å². The minimum absolute atomic E-state index is 0.0409. The Labute approximate surface area is 145 Å². The highest BCUT2D eigenvalue weighted by atomic mass is 32.2. The van der Waals surface area contributed by atoms with Crippen LogP contribution in [0.4, 0.5) is 0 Å². The monoisotopic (exact) mass is 355 g/mol. The molecule has 0 amide bonds. The van der Waals surface area contributed by atoms with Crippen molar-refractivity contribution in [1.82, 2.24) is 15.5 Å². The Morgan fingerprint density at radius 3 is 2.44 bits per heavy atom. The first-order chi connectivity index (χ1) is 12.1. The number of nitrogens with one attached hydrogen (secondary N) is 1. The highest BCUT2D eigenvalue weighted by Crippen LogP contribution is 2.25. The summed E-state index contributed by atoms with van der Waals surface area (Å²) < 4.78 is 30.1. The van der Waals surface area contributed by atoms with E-state index in [2.05, 4.69) is 15.5 Å². The lowest BCUT2D eigenvalue weighted by molar-refractivity contribution is 0.273. The van der Waals surface area contributed by atoms with Crippen molar-refractivity contribution < 1.29 is 12.9 Å². The van der Waals surface area contributed by atoms with Crippen LogP contribution in [0.1, 0.15) is 23.9 Å². The van der Waals surface area contributed by atoms with E-state index in [9.17, 15) is 8.42 Å². The number of hydrogen-bond acceptors (Lipinski definition) is 6. The Morgan fingerprint density at radius 2 is 1.80 bits per heavy atom. The normalized spacial score (nSPS) is 17.2. The average molecular weight is 355 g/mol. The van der Waals surface area contributed by atoms with Gasteiger partial charge < -0.3 is 9.84 Å². The van der Waals surface area contributed by atoms with Gasteiger partial charge in [-0.2, -0.15) is 4.98 Å². The molecule has 1 saturated heterocycles. The van der Waals surface area contributed by atoms with E-state index >= 15 is 0 Å². The minimum atomic E-state index is -3.35. The molecule has 7 heteroatoms. The smallest absolute Gasteiger partial charge is 0.244 e. The summed E-state index contributed by atoms with van der Waals surface area (Å²) in [5.74, 6) is 1.07. The molecule has 2 heterocycles. The van der Waals surface area contributed by atoms with E-state index in [0.717, 1.165) is 24.1 Å². The molecule has 6 nitrogen and oxygen atoms in total. The van der Waals surface area contributed by atoms with Crippen molar-refractivity contribution in [3.05, 3.63) is 66.1 Å². The van der Waals surface area contributed by atoms with Gasteiger partial charge in [0.15, 0.2) is 9.84 Å². The Bertz CT molecular complexity index is 962. The van der Waals surface area contributed by atoms with Crippen LogP contribution in [-0.2, 0) is 15.6 Å². The van der Waals surface area contributed by atoms with E-state index in [1.165, 1.54) is 0 Å². The largest absolute Gasteiger partial charge is 0.337 e. The second kappa shape index (κ2) is 6.42. The molecule has 2 aromatic carbocycles. The maximum atomic E-state index is 12.4. The molecule has 0 radical (unpaired) electrons. The molecule has 0 bridgehead atoms. The third kappa shape index (κ3) is 3.33. The van der Waals surface area contributed by atoms with Crippen molar-refractivity contribution in [2.24, 2.45) is 0 Å². The standard InChI is InChI=1S/C18H17N3O3S/c22-25(23,15-4-2-1-3-5-15)12-13-6-8-14(9-7-13)17-20-18(24-21-17)16-10-11-19-16/h1-9,16,19H,10-12H2. The van der Waals surface area contributed by atoms with Crippen molar-refractivity contribution in [2.75, 3.05) is 6.54 Å². The number of sulfone groups is 1. The Balaban J connectivity index is 1.51. The van der Waals surface area contributed by atoms with Crippen LogP contribution in [0.15, 0.2) is 64.0 Å². The summed E-state index contributed by atoms with van der Waals surface area (Å²) in [5.41, 5.74) is 1.52. The summed E-state index contributed by atoms with van der Waals surface area (Å²) in [6.07, 6.45) is 0.998. The maximum Gasteiger partial charge on any atom is 0.244 e. The average Bonchev–Trinajstić information content (AvgIpc) is 3.04. The van der Waals surface area contributed by atoms with E-state index in [0.29, 0.717) is 16.6 Å². The minimum Gasteiger partial charge on any atom is -0.337 e. The second-order valence-corrected chi connectivity index (χ2v) is 8.01. The fraction of sp³-hybridized carbons (Fsp3) is 0.222. The van der Waals surface area contributed by atoms with Crippen molar-refractivity contribution in [3.63, 3.8) is 0 Å². The van der Waals surface area contributed by atoms with Gasteiger partial charge in [-0.05, 0) is 30.7 Å². The third-order valence-electron chi connectivity index (χ3n) is 4.23. The van der Waals surface area contributed by atoms with Crippen LogP contribution in [-0.4, -0.2) is 25.1 Å². The molecule has 3 aromatic rings. The third-order valence-corrected chi connectivity index (χ3v) is 5.94. The van der Waals surface area contributed by atoms with Gasteiger partial charge in [0.05, 0.1) is 16.7 Å². The number of nitrogens with zero attached hydrogens (tertiary/aromatic N) is 2. The molecule has 0 aliphatic carbocycles. The van der Waals surface area contributed by atoms with Crippen LogP contribution in [0.5, 0.6) is 0 Å². The molecule has 1 aromatic heterocycles. The van der Waals surface area contributed by atoms with Crippen LogP contribution in [0.25, 0.3) is 11.4 Å². The van der Waals surface area contributed by atoms with E-state index in [4.69, 9.17) is 4.52 Å². The summed E-state index contributed by atoms with van der Waals surface area (Å²) in [6, 6.07) is 15.8. The van der Waals surface area contributed by atoms with Gasteiger partial charge in [0, 0.05) is 5.56 Å². The predicted molar refractivity (Wildman–Crippen MR) is 92.4 cm³/mol. The molecule has 1 aliphatic rings. The second-order valence-electron chi connectivity index (χ2n) is 6.02. The van der Waals surface area contributed by atoms with Gasteiger partial charge in [-0.25, -0.2) is 8.42 Å². The summed E-state index contributed by atoms with van der Waals surface area (Å²) in [6.45, 7) is 0.965. The van der Waals surface area contributed by atoms with Crippen molar-refractivity contribution in [3.8, 4) is 11.4 Å². The fourth-order valence-corrected chi connectivity index (χ4v) is 4.04. The highest BCUT2D eigenvalue weighted by molar-refractivity contribution is 7.90. The maximum absolute atomic E-state index is 12.4. The molecular formula is C18H17N3O3S. The molecule has 4 rings (SSSR count). The van der Waals surface area contributed by atoms with Gasteiger partial charge in [-0.15, -0.1) is 0 Å². The van der Waals surface area contributed by atoms with Crippen LogP contribution in [0.2, 0.25) is 0 Å². The van der Waals surface area contributed by atoms with E-state index in [1.54, 1.807) is 42.5 Å². The molecule has 1 fully saturated rings. The van der Waals surface area contributed by atoms with E-state index in [-0.39, 0.29) is 11.8 Å². The number of hydrogen-bond donors (Lipinski definition) is 1. The van der Waals surface area contributed by atoms with Crippen molar-refractivity contribution >= 4 is 9.84 Å². The topological polar surface area (TPSA) is 85.1 Å². The zero-order valence-corrected chi connectivity index (χ0v) is 14.2. The Morgan fingerprint density at radius 1 is 1.08 bits per heavy atom. The van der Waals surface area contributed by atoms with Gasteiger partial charge in [-0.1, -0.05) is 47.6 Å². The highest BCUT2D eigenvalue weighted by Gasteiger charge is 2.25. The lowest BCUT2D eigenvalue weighted by Gasteiger charge is -2.23. The summed E-state index contributed by atoms with van der Waals surface area (Å²) in [7, 11) is -3.35. The zero-order valence-electron chi connectivity index (χ0n) is 13.4. The van der Waals surface area contributed by atoms with Crippen LogP contribution >= 0.6 is 0 Å². The molecule has 1 unspecified atom stereocenters. The molecule has 1 atom stereocenters. The van der Waals surface area contributed by atoms with E-state index in [1.807, 2.05) is 12.1 Å². The zero-order chi connectivity index (χ0) is 17.3. The molecule has 128 valence electrons. The molecule has 1 aliphatic heterocycles. The first kappa shape index (κ1) is 16.0. The number of rotatable bonds is 5. The summed E-state index contributed by atoms with van der Waals surface area (Å²) in [5, 5.41) is 7.21. The molecule has 0 saturated carbocycles. The summed E-state index contributed by atoms with van der Waals surface area (Å²) in [4.78, 5) is 4.72. The lowest BCUT2D eigenvalue weighted by Crippen LogP contribution is -2.35. The van der Waals surface area contributed by atoms with Gasteiger partial charge >= 0.3 is 0 Å².